The van der Waals surface area contributed by atoms with E-state index in [4.69, 9.17) is 10.8 Å². The second-order valence-corrected chi connectivity index (χ2v) is 4.32. The molecule has 1 aliphatic heterocycles. The zero-order valence-corrected chi connectivity index (χ0v) is 8.88. The fraction of sp³-hybridized carbons (Fsp3) is 0.444. The molecule has 0 aliphatic carbocycles. The summed E-state index contributed by atoms with van der Waals surface area (Å²) in [5.74, 6) is 1.91. The minimum atomic E-state index is -0.841. The van der Waals surface area contributed by atoms with E-state index in [0.717, 1.165) is 22.8 Å². The maximum atomic E-state index is 10.4. The Morgan fingerprint density at radius 3 is 3.00 bits per heavy atom. The molecule has 0 aromatic carbocycles. The number of nitrogens with two attached hydrogens (primary N) is 1. The van der Waals surface area contributed by atoms with Gasteiger partial charge < -0.3 is 10.8 Å². The molecule has 5 nitrogen and oxygen atoms in total. The van der Waals surface area contributed by atoms with Gasteiger partial charge in [-0.1, -0.05) is 0 Å². The normalized spacial score (nSPS) is 13.9. The summed E-state index contributed by atoms with van der Waals surface area (Å²) in [6.45, 7) is 0. The van der Waals surface area contributed by atoms with Gasteiger partial charge in [-0.15, -0.1) is 0 Å². The van der Waals surface area contributed by atoms with E-state index in [9.17, 15) is 4.79 Å². The molecule has 0 atom stereocenters. The molecule has 6 heteroatoms. The molecule has 0 amide bonds. The highest BCUT2D eigenvalue weighted by atomic mass is 32.2. The molecule has 0 unspecified atom stereocenters. The number of rotatable bonds is 3. The number of carboxylic acids is 1. The first kappa shape index (κ1) is 10.2. The smallest absolute Gasteiger partial charge is 0.303 e. The quantitative estimate of drug-likeness (QED) is 0.791. The number of anilines is 1. The van der Waals surface area contributed by atoms with Crippen LogP contribution in [-0.4, -0.2) is 21.0 Å². The second kappa shape index (κ2) is 4.06. The molecule has 3 N–H and O–H groups in total. The number of nitrogen functional groups attached to an aromatic ring is 1. The number of hydrogen-bond acceptors (Lipinski definition) is 5. The van der Waals surface area contributed by atoms with Crippen LogP contribution in [0.3, 0.4) is 0 Å². The monoisotopic (exact) mass is 225 g/mol. The fourth-order valence-electron chi connectivity index (χ4n) is 1.46. The number of aliphatic carboxylic acids is 1. The van der Waals surface area contributed by atoms with E-state index in [0.29, 0.717) is 18.1 Å². The van der Waals surface area contributed by atoms with Crippen LogP contribution in [0.25, 0.3) is 0 Å². The van der Waals surface area contributed by atoms with Crippen molar-refractivity contribution in [1.82, 2.24) is 9.97 Å². The van der Waals surface area contributed by atoms with Crippen LogP contribution in [0.5, 0.6) is 0 Å². The summed E-state index contributed by atoms with van der Waals surface area (Å²) in [6.07, 6.45) is 0.392. The Morgan fingerprint density at radius 2 is 2.27 bits per heavy atom. The highest BCUT2D eigenvalue weighted by Gasteiger charge is 2.18. The van der Waals surface area contributed by atoms with Gasteiger partial charge in [0.1, 0.15) is 11.6 Å². The number of hydrogen-bond donors (Lipinski definition) is 2. The molecule has 1 aromatic rings. The lowest BCUT2D eigenvalue weighted by molar-refractivity contribution is -0.137. The minimum Gasteiger partial charge on any atom is -0.481 e. The molecule has 2 heterocycles. The Hall–Kier alpha value is -1.30. The van der Waals surface area contributed by atoms with E-state index >= 15 is 0 Å². The highest BCUT2D eigenvalue weighted by Crippen LogP contribution is 2.31. The lowest BCUT2D eigenvalue weighted by Crippen LogP contribution is -2.07. The Morgan fingerprint density at radius 1 is 1.47 bits per heavy atom. The Kier molecular flexibility index (Phi) is 2.77. The van der Waals surface area contributed by atoms with Crippen molar-refractivity contribution in [2.45, 2.75) is 24.3 Å². The van der Waals surface area contributed by atoms with Crippen LogP contribution in [0.4, 0.5) is 5.82 Å². The van der Waals surface area contributed by atoms with E-state index in [2.05, 4.69) is 9.97 Å². The summed E-state index contributed by atoms with van der Waals surface area (Å²) in [6, 6.07) is 0. The van der Waals surface area contributed by atoms with Crippen LogP contribution in [0, 0.1) is 0 Å². The van der Waals surface area contributed by atoms with Crippen LogP contribution in [-0.2, 0) is 22.7 Å². The second-order valence-electron chi connectivity index (χ2n) is 3.34. The van der Waals surface area contributed by atoms with Crippen molar-refractivity contribution < 1.29 is 9.90 Å². The van der Waals surface area contributed by atoms with E-state index in [1.807, 2.05) is 0 Å². The third-order valence-electron chi connectivity index (χ3n) is 2.22. The van der Waals surface area contributed by atoms with Crippen molar-refractivity contribution in [3.8, 4) is 0 Å². The fourth-order valence-corrected chi connectivity index (χ4v) is 2.51. The summed E-state index contributed by atoms with van der Waals surface area (Å²) in [4.78, 5) is 18.8. The first-order valence-electron chi connectivity index (χ1n) is 4.60. The van der Waals surface area contributed by atoms with Crippen molar-refractivity contribution in [2.24, 2.45) is 0 Å². The lowest BCUT2D eigenvalue weighted by atomic mass is 10.2. The van der Waals surface area contributed by atoms with Crippen molar-refractivity contribution in [3.05, 3.63) is 17.1 Å². The minimum absolute atomic E-state index is 0.0470. The average molecular weight is 225 g/mol. The molecule has 15 heavy (non-hydrogen) atoms. The largest absolute Gasteiger partial charge is 0.481 e. The van der Waals surface area contributed by atoms with Gasteiger partial charge in [0.15, 0.2) is 0 Å². The van der Waals surface area contributed by atoms with Gasteiger partial charge >= 0.3 is 5.97 Å². The maximum Gasteiger partial charge on any atom is 0.303 e. The Balaban J connectivity index is 2.20. The maximum absolute atomic E-state index is 10.4. The van der Waals surface area contributed by atoms with Crippen molar-refractivity contribution in [1.29, 1.82) is 0 Å². The molecule has 1 aromatic heterocycles. The number of aromatic nitrogens is 2. The summed E-state index contributed by atoms with van der Waals surface area (Å²) in [5, 5.41) is 8.55. The predicted molar refractivity (Wildman–Crippen MR) is 57.4 cm³/mol. The predicted octanol–water partition coefficient (Wildman–Crippen LogP) is 0.823. The van der Waals surface area contributed by atoms with Crippen molar-refractivity contribution in [2.75, 3.05) is 5.73 Å². The summed E-state index contributed by atoms with van der Waals surface area (Å²) in [5.41, 5.74) is 7.75. The molecule has 0 fully saturated rings. The van der Waals surface area contributed by atoms with Gasteiger partial charge in [-0.2, -0.15) is 11.8 Å². The third kappa shape index (κ3) is 2.20. The zero-order chi connectivity index (χ0) is 10.8. The van der Waals surface area contributed by atoms with Crippen LogP contribution in [0.1, 0.15) is 23.5 Å². The van der Waals surface area contributed by atoms with Gasteiger partial charge in [-0.3, -0.25) is 4.79 Å². The third-order valence-corrected chi connectivity index (χ3v) is 3.19. The molecular weight excluding hydrogens is 214 g/mol. The SMILES string of the molecule is Nc1nc(CCC(=O)O)nc2c1CSC2. The van der Waals surface area contributed by atoms with Gasteiger partial charge in [-0.05, 0) is 0 Å². The van der Waals surface area contributed by atoms with Gasteiger partial charge in [0, 0.05) is 23.5 Å². The first-order valence-corrected chi connectivity index (χ1v) is 5.76. The molecular formula is C9H11N3O2S. The van der Waals surface area contributed by atoms with E-state index in [1.165, 1.54) is 0 Å². The lowest BCUT2D eigenvalue weighted by Gasteiger charge is -2.04. The van der Waals surface area contributed by atoms with Crippen LogP contribution in [0.2, 0.25) is 0 Å². The topological polar surface area (TPSA) is 89.1 Å². The van der Waals surface area contributed by atoms with Gasteiger partial charge in [0.2, 0.25) is 0 Å². The molecule has 0 bridgehead atoms. The Labute approximate surface area is 91.1 Å². The molecule has 0 spiro atoms. The zero-order valence-electron chi connectivity index (χ0n) is 8.06. The molecule has 80 valence electrons. The molecule has 2 rings (SSSR count). The van der Waals surface area contributed by atoms with E-state index in [-0.39, 0.29) is 6.42 Å². The van der Waals surface area contributed by atoms with E-state index < -0.39 is 5.97 Å². The number of fused-ring (bicyclic) bond motifs is 1. The van der Waals surface area contributed by atoms with Gasteiger partial charge in [0.25, 0.3) is 0 Å². The van der Waals surface area contributed by atoms with E-state index in [1.54, 1.807) is 11.8 Å². The average Bonchev–Trinajstić information content (AvgIpc) is 2.63. The van der Waals surface area contributed by atoms with Crippen molar-refractivity contribution in [3.63, 3.8) is 0 Å². The van der Waals surface area contributed by atoms with Crippen LogP contribution in [0.15, 0.2) is 0 Å². The summed E-state index contributed by atoms with van der Waals surface area (Å²) < 4.78 is 0. The van der Waals surface area contributed by atoms with Gasteiger partial charge in [0.05, 0.1) is 12.1 Å². The first-order chi connectivity index (χ1) is 7.16. The van der Waals surface area contributed by atoms with Crippen molar-refractivity contribution >= 4 is 23.5 Å². The van der Waals surface area contributed by atoms with Crippen LogP contribution < -0.4 is 5.73 Å². The van der Waals surface area contributed by atoms with Gasteiger partial charge in [-0.25, -0.2) is 9.97 Å². The van der Waals surface area contributed by atoms with Crippen LogP contribution >= 0.6 is 11.8 Å². The standard InChI is InChI=1S/C9H11N3O2S/c10-9-5-3-15-4-6(5)11-7(12-9)1-2-8(13)14/h1-4H2,(H,13,14)(H2,10,11,12). The molecule has 0 saturated heterocycles. The number of carboxylic acid groups (broad SMARTS) is 1. The molecule has 1 aliphatic rings. The number of carbonyl (C=O) groups is 1. The Bertz CT molecular complexity index is 409. The highest BCUT2D eigenvalue weighted by molar-refractivity contribution is 7.98. The number of nitrogens with zero attached hydrogens (tertiary/aromatic N) is 2. The molecule has 0 radical (unpaired) electrons. The summed E-state index contributed by atoms with van der Waals surface area (Å²) in [7, 11) is 0. The number of thioether (sulfide) groups is 1. The summed E-state index contributed by atoms with van der Waals surface area (Å²) >= 11 is 1.75. The molecule has 0 saturated carbocycles. The number of aryl methyl sites for hydroxylation is 1.